The molecule has 2 rings (SSSR count). The Balaban J connectivity index is 1.91. The molecular weight excluding hydrogens is 288 g/mol. The van der Waals surface area contributed by atoms with Crippen LogP contribution in [0.1, 0.15) is 23.6 Å². The molecule has 0 heterocycles. The number of allylic oxidation sites excluding steroid dienone is 2. The Kier molecular flexibility index (Phi) is 6.33. The molecule has 0 aliphatic carbocycles. The van der Waals surface area contributed by atoms with Crippen LogP contribution in [0.3, 0.4) is 0 Å². The Morgan fingerprint density at radius 2 is 1.43 bits per heavy atom. The Bertz CT molecular complexity index is 680. The third-order valence-corrected chi connectivity index (χ3v) is 3.11. The van der Waals surface area contributed by atoms with Gasteiger partial charge in [-0.2, -0.15) is 4.89 Å². The highest BCUT2D eigenvalue weighted by Gasteiger charge is 1.95. The van der Waals surface area contributed by atoms with Gasteiger partial charge in [0.2, 0.25) is 0 Å². The van der Waals surface area contributed by atoms with Crippen molar-refractivity contribution in [1.82, 2.24) is 0 Å². The minimum atomic E-state index is -0.0554. The van der Waals surface area contributed by atoms with E-state index in [1.165, 1.54) is 5.56 Å². The van der Waals surface area contributed by atoms with Crippen LogP contribution in [0.25, 0.3) is 12.2 Å². The van der Waals surface area contributed by atoms with Crippen molar-refractivity contribution in [2.24, 2.45) is 0 Å². The van der Waals surface area contributed by atoms with Crippen LogP contribution in [-0.4, -0.2) is 12.4 Å². The summed E-state index contributed by atoms with van der Waals surface area (Å²) in [6.07, 6.45) is 6.69. The minimum Gasteiger partial charge on any atom is -0.338 e. The molecule has 0 spiro atoms. The van der Waals surface area contributed by atoms with E-state index in [2.05, 4.69) is 0 Å². The fraction of sp³-hybridized carbons (Fsp3) is 0.150. The van der Waals surface area contributed by atoms with Crippen LogP contribution >= 0.6 is 0 Å². The summed E-state index contributed by atoms with van der Waals surface area (Å²) in [6, 6.07) is 15.3. The van der Waals surface area contributed by atoms with Crippen LogP contribution < -0.4 is 4.89 Å². The number of carbonyl (C=O) groups excluding carboxylic acids is 1. The Labute approximate surface area is 136 Å². The van der Waals surface area contributed by atoms with Crippen molar-refractivity contribution < 1.29 is 14.6 Å². The maximum absolute atomic E-state index is 11.8. The first-order valence-electron chi connectivity index (χ1n) is 7.53. The quantitative estimate of drug-likeness (QED) is 0.425. The average molecular weight is 308 g/mol. The lowest BCUT2D eigenvalue weighted by Crippen LogP contribution is -1.95. The van der Waals surface area contributed by atoms with E-state index in [0.29, 0.717) is 12.4 Å². The summed E-state index contributed by atoms with van der Waals surface area (Å²) < 4.78 is 0. The fourth-order valence-electron chi connectivity index (χ4n) is 1.85. The third kappa shape index (κ3) is 5.93. The molecule has 0 saturated heterocycles. The molecule has 118 valence electrons. The first kappa shape index (κ1) is 16.7. The Morgan fingerprint density at radius 1 is 0.913 bits per heavy atom. The van der Waals surface area contributed by atoms with Gasteiger partial charge in [-0.25, -0.2) is 0 Å². The van der Waals surface area contributed by atoms with Crippen LogP contribution in [0.5, 0.6) is 5.75 Å². The van der Waals surface area contributed by atoms with Crippen molar-refractivity contribution in [3.05, 3.63) is 77.4 Å². The largest absolute Gasteiger partial charge is 0.338 e. The maximum Gasteiger partial charge on any atom is 0.178 e. The van der Waals surface area contributed by atoms with Gasteiger partial charge in [-0.15, -0.1) is 0 Å². The highest BCUT2D eigenvalue weighted by Crippen LogP contribution is 2.13. The smallest absolute Gasteiger partial charge is 0.178 e. The van der Waals surface area contributed by atoms with E-state index >= 15 is 0 Å². The van der Waals surface area contributed by atoms with Crippen LogP contribution in [0.15, 0.2) is 60.7 Å². The zero-order chi connectivity index (χ0) is 16.5. The Morgan fingerprint density at radius 3 is 1.96 bits per heavy atom. The Hall–Kier alpha value is -2.65. The molecule has 0 atom stereocenters. The molecule has 0 radical (unpaired) electrons. The van der Waals surface area contributed by atoms with E-state index in [1.807, 2.05) is 56.3 Å². The molecule has 0 N–H and O–H groups in total. The molecule has 2 aromatic rings. The van der Waals surface area contributed by atoms with Crippen LogP contribution in [0.2, 0.25) is 0 Å². The van der Waals surface area contributed by atoms with Crippen molar-refractivity contribution in [2.75, 3.05) is 6.61 Å². The molecule has 23 heavy (non-hydrogen) atoms. The van der Waals surface area contributed by atoms with E-state index < -0.39 is 0 Å². The average Bonchev–Trinajstić information content (AvgIpc) is 2.58. The lowest BCUT2D eigenvalue weighted by molar-refractivity contribution is -0.202. The SMILES string of the molecule is CCOOc1ccc(C=CC(=O)C=Cc2ccc(C)cc2)cc1. The number of benzene rings is 2. The second kappa shape index (κ2) is 8.71. The molecule has 0 aliphatic heterocycles. The summed E-state index contributed by atoms with van der Waals surface area (Å²) in [5, 5.41) is 0. The summed E-state index contributed by atoms with van der Waals surface area (Å²) in [7, 11) is 0. The van der Waals surface area contributed by atoms with Crippen LogP contribution in [0, 0.1) is 6.92 Å². The molecule has 0 bridgehead atoms. The first-order valence-corrected chi connectivity index (χ1v) is 7.53. The highest BCUT2D eigenvalue weighted by molar-refractivity contribution is 6.04. The zero-order valence-corrected chi connectivity index (χ0v) is 13.4. The first-order chi connectivity index (χ1) is 11.2. The van der Waals surface area contributed by atoms with E-state index in [9.17, 15) is 4.79 Å². The van der Waals surface area contributed by atoms with Gasteiger partial charge in [0.25, 0.3) is 0 Å². The molecule has 3 heteroatoms. The monoisotopic (exact) mass is 308 g/mol. The molecule has 3 nitrogen and oxygen atoms in total. The van der Waals surface area contributed by atoms with Crippen molar-refractivity contribution in [1.29, 1.82) is 0 Å². The minimum absolute atomic E-state index is 0.0554. The lowest BCUT2D eigenvalue weighted by Gasteiger charge is -2.02. The van der Waals surface area contributed by atoms with Crippen LogP contribution in [-0.2, 0) is 9.68 Å². The van der Waals surface area contributed by atoms with Crippen molar-refractivity contribution >= 4 is 17.9 Å². The fourth-order valence-corrected chi connectivity index (χ4v) is 1.85. The van der Waals surface area contributed by atoms with Crippen LogP contribution in [0.4, 0.5) is 0 Å². The van der Waals surface area contributed by atoms with Gasteiger partial charge in [0.05, 0.1) is 6.61 Å². The molecule has 0 fully saturated rings. The summed E-state index contributed by atoms with van der Waals surface area (Å²) in [5.74, 6) is 0.579. The van der Waals surface area contributed by atoms with Gasteiger partial charge >= 0.3 is 0 Å². The number of hydrogen-bond donors (Lipinski definition) is 0. The van der Waals surface area contributed by atoms with Gasteiger partial charge in [-0.1, -0.05) is 54.1 Å². The summed E-state index contributed by atoms with van der Waals surface area (Å²) in [5.41, 5.74) is 3.13. The molecule has 0 amide bonds. The van der Waals surface area contributed by atoms with Gasteiger partial charge in [0.1, 0.15) is 0 Å². The molecule has 0 aliphatic rings. The second-order valence-corrected chi connectivity index (χ2v) is 5.04. The zero-order valence-electron chi connectivity index (χ0n) is 13.4. The van der Waals surface area contributed by atoms with Crippen molar-refractivity contribution in [2.45, 2.75) is 13.8 Å². The molecule has 0 unspecified atom stereocenters. The van der Waals surface area contributed by atoms with Gasteiger partial charge < -0.3 is 4.89 Å². The number of aryl methyl sites for hydroxylation is 1. The van der Waals surface area contributed by atoms with E-state index in [4.69, 9.17) is 9.78 Å². The second-order valence-electron chi connectivity index (χ2n) is 5.04. The molecular formula is C20H20O3. The lowest BCUT2D eigenvalue weighted by atomic mass is 10.1. The van der Waals surface area contributed by atoms with E-state index in [-0.39, 0.29) is 5.78 Å². The van der Waals surface area contributed by atoms with E-state index in [1.54, 1.807) is 30.4 Å². The number of hydrogen-bond acceptors (Lipinski definition) is 3. The summed E-state index contributed by atoms with van der Waals surface area (Å²) >= 11 is 0. The van der Waals surface area contributed by atoms with Gasteiger partial charge in [0.15, 0.2) is 11.5 Å². The standard InChI is InChI=1S/C20H20O3/c1-3-22-23-20-14-10-18(11-15-20)9-13-19(21)12-8-17-6-4-16(2)5-7-17/h4-15H,3H2,1-2H3. The summed E-state index contributed by atoms with van der Waals surface area (Å²) in [4.78, 5) is 21.7. The number of rotatable bonds is 7. The normalized spacial score (nSPS) is 11.2. The van der Waals surface area contributed by atoms with E-state index in [0.717, 1.165) is 11.1 Å². The topological polar surface area (TPSA) is 35.5 Å². The molecule has 0 saturated carbocycles. The van der Waals surface area contributed by atoms with Crippen molar-refractivity contribution in [3.63, 3.8) is 0 Å². The third-order valence-electron chi connectivity index (χ3n) is 3.11. The number of ketones is 1. The predicted molar refractivity (Wildman–Crippen MR) is 93.0 cm³/mol. The number of carbonyl (C=O) groups is 1. The predicted octanol–water partition coefficient (Wildman–Crippen LogP) is 4.62. The maximum atomic E-state index is 11.8. The van der Waals surface area contributed by atoms with Gasteiger partial charge in [0, 0.05) is 0 Å². The van der Waals surface area contributed by atoms with Gasteiger partial charge in [-0.3, -0.25) is 4.79 Å². The molecule has 2 aromatic carbocycles. The van der Waals surface area contributed by atoms with Gasteiger partial charge in [-0.05, 0) is 49.3 Å². The highest BCUT2D eigenvalue weighted by atomic mass is 17.2. The summed E-state index contributed by atoms with van der Waals surface area (Å²) in [6.45, 7) is 4.38. The molecule has 0 aromatic heterocycles. The van der Waals surface area contributed by atoms with Crippen molar-refractivity contribution in [3.8, 4) is 5.75 Å².